The zero-order chi connectivity index (χ0) is 14.5. The van der Waals surface area contributed by atoms with Crippen LogP contribution in [0, 0.1) is 17.7 Å². The van der Waals surface area contributed by atoms with Crippen molar-refractivity contribution in [2.24, 2.45) is 11.8 Å². The molecule has 1 aromatic rings. The number of halogens is 2. The molecular formula is C16H21ClFNO. The molecule has 1 aromatic carbocycles. The van der Waals surface area contributed by atoms with Crippen molar-refractivity contribution in [3.63, 3.8) is 0 Å². The van der Waals surface area contributed by atoms with Gasteiger partial charge in [-0.15, -0.1) is 0 Å². The van der Waals surface area contributed by atoms with Gasteiger partial charge in [-0.25, -0.2) is 4.39 Å². The Morgan fingerprint density at radius 3 is 2.65 bits per heavy atom. The highest BCUT2D eigenvalue weighted by atomic mass is 35.5. The van der Waals surface area contributed by atoms with Gasteiger partial charge in [-0.3, -0.25) is 4.79 Å². The summed E-state index contributed by atoms with van der Waals surface area (Å²) >= 11 is 5.62. The summed E-state index contributed by atoms with van der Waals surface area (Å²) in [4.78, 5) is 12.2. The van der Waals surface area contributed by atoms with Gasteiger partial charge < -0.3 is 5.32 Å². The van der Waals surface area contributed by atoms with Gasteiger partial charge in [0.05, 0.1) is 5.02 Å². The first-order valence-corrected chi connectivity index (χ1v) is 7.74. The number of carbonyl (C=O) groups is 1. The van der Waals surface area contributed by atoms with Crippen LogP contribution in [-0.4, -0.2) is 5.91 Å². The van der Waals surface area contributed by atoms with Crippen molar-refractivity contribution in [3.05, 3.63) is 29.0 Å². The Labute approximate surface area is 124 Å². The second-order valence-electron chi connectivity index (χ2n) is 5.62. The molecule has 0 radical (unpaired) electrons. The molecule has 0 bridgehead atoms. The van der Waals surface area contributed by atoms with Gasteiger partial charge >= 0.3 is 0 Å². The minimum atomic E-state index is -0.504. The van der Waals surface area contributed by atoms with Gasteiger partial charge in [-0.05, 0) is 49.8 Å². The Balaban J connectivity index is 1.88. The number of benzene rings is 1. The van der Waals surface area contributed by atoms with Crippen LogP contribution < -0.4 is 5.32 Å². The van der Waals surface area contributed by atoms with Gasteiger partial charge in [0.15, 0.2) is 0 Å². The maximum absolute atomic E-state index is 13.3. The maximum atomic E-state index is 13.3. The van der Waals surface area contributed by atoms with E-state index in [2.05, 4.69) is 12.2 Å². The van der Waals surface area contributed by atoms with Crippen LogP contribution in [0.3, 0.4) is 0 Å². The van der Waals surface area contributed by atoms with Crippen LogP contribution in [0.1, 0.15) is 45.4 Å². The van der Waals surface area contributed by atoms with Crippen LogP contribution in [0.5, 0.6) is 0 Å². The van der Waals surface area contributed by atoms with Crippen LogP contribution in [0.15, 0.2) is 18.2 Å². The fraction of sp³-hybridized carbons (Fsp3) is 0.562. The molecule has 0 atom stereocenters. The van der Waals surface area contributed by atoms with Crippen molar-refractivity contribution in [1.29, 1.82) is 0 Å². The molecule has 2 nitrogen and oxygen atoms in total. The molecule has 1 N–H and O–H groups in total. The molecule has 0 spiro atoms. The molecule has 0 aromatic heterocycles. The number of carbonyl (C=O) groups excluding carboxylic acids is 1. The first-order chi connectivity index (χ1) is 9.60. The standard InChI is InChI=1S/C16H21ClFNO/c1-2-3-11-4-6-12(7-5-11)16(20)19-13-8-9-14(17)15(18)10-13/h8-12H,2-7H2,1H3,(H,19,20). The van der Waals surface area contributed by atoms with Gasteiger partial charge in [0.1, 0.15) is 5.82 Å². The molecule has 0 saturated heterocycles. The molecule has 110 valence electrons. The molecule has 1 aliphatic rings. The van der Waals surface area contributed by atoms with E-state index in [-0.39, 0.29) is 16.8 Å². The summed E-state index contributed by atoms with van der Waals surface area (Å²) in [6.07, 6.45) is 6.60. The molecule has 4 heteroatoms. The fourth-order valence-corrected chi connectivity index (χ4v) is 3.06. The average Bonchev–Trinajstić information content (AvgIpc) is 2.44. The normalized spacial score (nSPS) is 22.6. The molecule has 0 aliphatic heterocycles. The van der Waals surface area contributed by atoms with Crippen LogP contribution in [0.4, 0.5) is 10.1 Å². The lowest BCUT2D eigenvalue weighted by Crippen LogP contribution is -2.27. The third-order valence-corrected chi connectivity index (χ3v) is 4.41. The van der Waals surface area contributed by atoms with Gasteiger partial charge in [-0.2, -0.15) is 0 Å². The molecule has 2 rings (SSSR count). The summed E-state index contributed by atoms with van der Waals surface area (Å²) in [5.41, 5.74) is 0.479. The summed E-state index contributed by atoms with van der Waals surface area (Å²) in [5.74, 6) is 0.330. The summed E-state index contributed by atoms with van der Waals surface area (Å²) < 4.78 is 13.3. The zero-order valence-corrected chi connectivity index (χ0v) is 12.5. The van der Waals surface area contributed by atoms with Crippen molar-refractivity contribution in [1.82, 2.24) is 0 Å². The topological polar surface area (TPSA) is 29.1 Å². The smallest absolute Gasteiger partial charge is 0.227 e. The lowest BCUT2D eigenvalue weighted by Gasteiger charge is -2.27. The predicted molar refractivity (Wildman–Crippen MR) is 80.4 cm³/mol. The largest absolute Gasteiger partial charge is 0.326 e. The number of anilines is 1. The Kier molecular flexibility index (Phi) is 5.41. The van der Waals surface area contributed by atoms with Crippen LogP contribution >= 0.6 is 11.6 Å². The van der Waals surface area contributed by atoms with E-state index in [0.29, 0.717) is 5.69 Å². The molecule has 1 aliphatic carbocycles. The van der Waals surface area contributed by atoms with Crippen molar-refractivity contribution >= 4 is 23.2 Å². The van der Waals surface area contributed by atoms with Crippen molar-refractivity contribution in [2.75, 3.05) is 5.32 Å². The van der Waals surface area contributed by atoms with Crippen LogP contribution in [0.2, 0.25) is 5.02 Å². The number of rotatable bonds is 4. The Morgan fingerprint density at radius 2 is 2.05 bits per heavy atom. The minimum absolute atomic E-state index is 0.00155. The Morgan fingerprint density at radius 1 is 1.35 bits per heavy atom. The second-order valence-corrected chi connectivity index (χ2v) is 6.03. The molecule has 20 heavy (non-hydrogen) atoms. The van der Waals surface area contributed by atoms with E-state index in [9.17, 15) is 9.18 Å². The first-order valence-electron chi connectivity index (χ1n) is 7.36. The number of nitrogens with one attached hydrogen (secondary N) is 1. The van der Waals surface area contributed by atoms with E-state index < -0.39 is 5.82 Å². The predicted octanol–water partition coefficient (Wildman–Crippen LogP) is 5.02. The molecule has 0 heterocycles. The fourth-order valence-electron chi connectivity index (χ4n) is 2.94. The van der Waals surface area contributed by atoms with E-state index in [1.165, 1.54) is 25.0 Å². The number of amides is 1. The lowest BCUT2D eigenvalue weighted by molar-refractivity contribution is -0.121. The number of hydrogen-bond acceptors (Lipinski definition) is 1. The zero-order valence-electron chi connectivity index (χ0n) is 11.8. The van der Waals surface area contributed by atoms with Crippen LogP contribution in [0.25, 0.3) is 0 Å². The molecule has 1 fully saturated rings. The molecule has 1 saturated carbocycles. The van der Waals surface area contributed by atoms with Gasteiger partial charge in [-0.1, -0.05) is 31.4 Å². The van der Waals surface area contributed by atoms with E-state index in [0.717, 1.165) is 31.6 Å². The summed E-state index contributed by atoms with van der Waals surface area (Å²) in [6.45, 7) is 2.20. The number of hydrogen-bond donors (Lipinski definition) is 1. The van der Waals surface area contributed by atoms with Gasteiger partial charge in [0.25, 0.3) is 0 Å². The lowest BCUT2D eigenvalue weighted by atomic mass is 9.80. The highest BCUT2D eigenvalue weighted by molar-refractivity contribution is 6.30. The highest BCUT2D eigenvalue weighted by Gasteiger charge is 2.25. The molecule has 1 amide bonds. The van der Waals surface area contributed by atoms with E-state index in [4.69, 9.17) is 11.6 Å². The van der Waals surface area contributed by atoms with E-state index >= 15 is 0 Å². The Bertz CT molecular complexity index is 470. The van der Waals surface area contributed by atoms with Crippen LogP contribution in [-0.2, 0) is 4.79 Å². The maximum Gasteiger partial charge on any atom is 0.227 e. The quantitative estimate of drug-likeness (QED) is 0.830. The summed E-state index contributed by atoms with van der Waals surface area (Å²) in [6, 6.07) is 4.36. The average molecular weight is 298 g/mol. The second kappa shape index (κ2) is 7.07. The van der Waals surface area contributed by atoms with Gasteiger partial charge in [0.2, 0.25) is 5.91 Å². The first kappa shape index (κ1) is 15.3. The van der Waals surface area contributed by atoms with Crippen molar-refractivity contribution < 1.29 is 9.18 Å². The van der Waals surface area contributed by atoms with E-state index in [1.807, 2.05) is 0 Å². The Hall–Kier alpha value is -1.09. The van der Waals surface area contributed by atoms with Crippen molar-refractivity contribution in [3.8, 4) is 0 Å². The molecule has 0 unspecified atom stereocenters. The highest BCUT2D eigenvalue weighted by Crippen LogP contribution is 2.32. The van der Waals surface area contributed by atoms with E-state index in [1.54, 1.807) is 6.07 Å². The summed E-state index contributed by atoms with van der Waals surface area (Å²) in [5, 5.41) is 2.86. The monoisotopic (exact) mass is 297 g/mol. The summed E-state index contributed by atoms with van der Waals surface area (Å²) in [7, 11) is 0. The SMILES string of the molecule is CCCC1CCC(C(=O)Nc2ccc(Cl)c(F)c2)CC1. The molecular weight excluding hydrogens is 277 g/mol. The third-order valence-electron chi connectivity index (χ3n) is 4.10. The minimum Gasteiger partial charge on any atom is -0.326 e. The third kappa shape index (κ3) is 3.95. The van der Waals surface area contributed by atoms with Gasteiger partial charge in [0, 0.05) is 11.6 Å². The van der Waals surface area contributed by atoms with Crippen molar-refractivity contribution in [2.45, 2.75) is 45.4 Å².